The molecule has 24 heavy (non-hydrogen) atoms. The van der Waals surface area contributed by atoms with Crippen LogP contribution in [0.5, 0.6) is 0 Å². The molecule has 1 heterocycles. The van der Waals surface area contributed by atoms with E-state index in [1.54, 1.807) is 6.92 Å². The maximum absolute atomic E-state index is 11.7. The van der Waals surface area contributed by atoms with E-state index >= 15 is 0 Å². The molecular formula is C17H22N4O2S. The van der Waals surface area contributed by atoms with Crippen LogP contribution in [0, 0.1) is 0 Å². The minimum Gasteiger partial charge on any atom is -0.356 e. The highest BCUT2D eigenvalue weighted by Crippen LogP contribution is 2.25. The molecule has 0 aliphatic rings. The standard InChI is InChI=1S/C17H22N4O2S/c1-11(18)9-16(23)21-17-20-15(10-24-17)14-5-3-13(4-6-14)7-8-19-12(2)22/h3-6,10-11H,7-9,18H2,1-2H3,(H,19,22)(H,20,21,23). The Morgan fingerprint density at radius 1 is 1.29 bits per heavy atom. The number of carbonyl (C=O) groups is 2. The smallest absolute Gasteiger partial charge is 0.227 e. The van der Waals surface area contributed by atoms with E-state index in [0.717, 1.165) is 23.2 Å². The Bertz CT molecular complexity index is 695. The SMILES string of the molecule is CC(=O)NCCc1ccc(-c2csc(NC(=O)CC(C)N)n2)cc1. The summed E-state index contributed by atoms with van der Waals surface area (Å²) in [4.78, 5) is 27.0. The normalized spacial score (nSPS) is 11.8. The molecule has 1 aromatic heterocycles. The van der Waals surface area contributed by atoms with Crippen LogP contribution < -0.4 is 16.4 Å². The molecule has 2 rings (SSSR count). The summed E-state index contributed by atoms with van der Waals surface area (Å²) < 4.78 is 0. The fourth-order valence-electron chi connectivity index (χ4n) is 2.15. The molecule has 0 saturated heterocycles. The Morgan fingerprint density at radius 3 is 2.62 bits per heavy atom. The first-order chi connectivity index (χ1) is 11.4. The van der Waals surface area contributed by atoms with Crippen LogP contribution >= 0.6 is 11.3 Å². The van der Waals surface area contributed by atoms with E-state index < -0.39 is 0 Å². The van der Waals surface area contributed by atoms with Crippen LogP contribution in [0.2, 0.25) is 0 Å². The molecule has 1 unspecified atom stereocenters. The van der Waals surface area contributed by atoms with E-state index in [4.69, 9.17) is 5.73 Å². The zero-order chi connectivity index (χ0) is 17.5. The number of hydrogen-bond acceptors (Lipinski definition) is 5. The van der Waals surface area contributed by atoms with Gasteiger partial charge in [0.25, 0.3) is 0 Å². The Labute approximate surface area is 145 Å². The van der Waals surface area contributed by atoms with Crippen molar-refractivity contribution >= 4 is 28.3 Å². The lowest BCUT2D eigenvalue weighted by atomic mass is 10.1. The van der Waals surface area contributed by atoms with Gasteiger partial charge in [-0.1, -0.05) is 24.3 Å². The lowest BCUT2D eigenvalue weighted by Crippen LogP contribution is -2.23. The molecule has 128 valence electrons. The first-order valence-electron chi connectivity index (χ1n) is 7.78. The van der Waals surface area contributed by atoms with Crippen LogP contribution in [-0.2, 0) is 16.0 Å². The largest absolute Gasteiger partial charge is 0.356 e. The van der Waals surface area contributed by atoms with Gasteiger partial charge in [-0.3, -0.25) is 9.59 Å². The van der Waals surface area contributed by atoms with Gasteiger partial charge in [0.1, 0.15) is 0 Å². The molecule has 1 atom stereocenters. The second kappa shape index (κ2) is 8.56. The van der Waals surface area contributed by atoms with Crippen LogP contribution in [0.4, 0.5) is 5.13 Å². The highest BCUT2D eigenvalue weighted by atomic mass is 32.1. The molecule has 1 aromatic carbocycles. The minimum atomic E-state index is -0.172. The number of amides is 2. The van der Waals surface area contributed by atoms with Gasteiger partial charge in [0.2, 0.25) is 11.8 Å². The predicted molar refractivity (Wildman–Crippen MR) is 96.8 cm³/mol. The molecular weight excluding hydrogens is 324 g/mol. The van der Waals surface area contributed by atoms with E-state index in [1.165, 1.54) is 18.3 Å². The van der Waals surface area contributed by atoms with Crippen molar-refractivity contribution < 1.29 is 9.59 Å². The summed E-state index contributed by atoms with van der Waals surface area (Å²) in [7, 11) is 0. The molecule has 2 aromatic rings. The molecule has 0 aliphatic carbocycles. The fraction of sp³-hybridized carbons (Fsp3) is 0.353. The maximum atomic E-state index is 11.7. The summed E-state index contributed by atoms with van der Waals surface area (Å²) in [5, 5.41) is 8.02. The van der Waals surface area contributed by atoms with E-state index in [2.05, 4.69) is 15.6 Å². The number of nitrogens with two attached hydrogens (primary N) is 1. The first-order valence-corrected chi connectivity index (χ1v) is 8.66. The van der Waals surface area contributed by atoms with Gasteiger partial charge < -0.3 is 16.4 Å². The summed E-state index contributed by atoms with van der Waals surface area (Å²) in [6.45, 7) is 3.93. The molecule has 6 nitrogen and oxygen atoms in total. The Balaban J connectivity index is 1.94. The highest BCUT2D eigenvalue weighted by Gasteiger charge is 2.09. The van der Waals surface area contributed by atoms with E-state index in [1.807, 2.05) is 29.6 Å². The van der Waals surface area contributed by atoms with Gasteiger partial charge in [-0.2, -0.15) is 0 Å². The molecule has 2 amide bonds. The number of benzene rings is 1. The van der Waals surface area contributed by atoms with E-state index in [9.17, 15) is 9.59 Å². The molecule has 0 radical (unpaired) electrons. The van der Waals surface area contributed by atoms with Gasteiger partial charge in [0.15, 0.2) is 5.13 Å². The molecule has 0 saturated carbocycles. The van der Waals surface area contributed by atoms with Crippen LogP contribution in [0.3, 0.4) is 0 Å². The van der Waals surface area contributed by atoms with Crippen LogP contribution in [0.15, 0.2) is 29.6 Å². The molecule has 0 aliphatic heterocycles. The summed E-state index contributed by atoms with van der Waals surface area (Å²) in [6.07, 6.45) is 1.06. The van der Waals surface area contributed by atoms with Crippen molar-refractivity contribution in [2.24, 2.45) is 5.73 Å². The minimum absolute atomic E-state index is 0.0206. The van der Waals surface area contributed by atoms with Crippen molar-refractivity contribution in [3.8, 4) is 11.3 Å². The third-order valence-corrected chi connectivity index (χ3v) is 4.05. The average Bonchev–Trinajstić information content (AvgIpc) is 2.95. The van der Waals surface area contributed by atoms with Crippen LogP contribution in [0.25, 0.3) is 11.3 Å². The maximum Gasteiger partial charge on any atom is 0.227 e. The number of nitrogens with one attached hydrogen (secondary N) is 2. The molecule has 7 heteroatoms. The van der Waals surface area contributed by atoms with Crippen LogP contribution in [-0.4, -0.2) is 29.4 Å². The molecule has 0 spiro atoms. The quantitative estimate of drug-likeness (QED) is 0.716. The fourth-order valence-corrected chi connectivity index (χ4v) is 2.89. The first kappa shape index (κ1) is 18.1. The van der Waals surface area contributed by atoms with Gasteiger partial charge in [-0.05, 0) is 18.9 Å². The third-order valence-electron chi connectivity index (χ3n) is 3.30. The highest BCUT2D eigenvalue weighted by molar-refractivity contribution is 7.14. The van der Waals surface area contributed by atoms with Gasteiger partial charge >= 0.3 is 0 Å². The topological polar surface area (TPSA) is 97.1 Å². The summed E-state index contributed by atoms with van der Waals surface area (Å²) >= 11 is 1.39. The number of anilines is 1. The molecule has 0 bridgehead atoms. The van der Waals surface area contributed by atoms with Crippen LogP contribution in [0.1, 0.15) is 25.8 Å². The van der Waals surface area contributed by atoms with Crippen molar-refractivity contribution in [3.63, 3.8) is 0 Å². The van der Waals surface area contributed by atoms with E-state index in [-0.39, 0.29) is 24.3 Å². The van der Waals surface area contributed by atoms with Gasteiger partial charge in [-0.25, -0.2) is 4.98 Å². The lowest BCUT2D eigenvalue weighted by Gasteiger charge is -2.04. The second-order valence-corrected chi connectivity index (χ2v) is 6.56. The predicted octanol–water partition coefficient (Wildman–Crippen LogP) is 2.16. The zero-order valence-electron chi connectivity index (χ0n) is 13.8. The molecule has 4 N–H and O–H groups in total. The number of aromatic nitrogens is 1. The second-order valence-electron chi connectivity index (χ2n) is 5.70. The lowest BCUT2D eigenvalue weighted by molar-refractivity contribution is -0.119. The van der Waals surface area contributed by atoms with Crippen molar-refractivity contribution in [3.05, 3.63) is 35.2 Å². The summed E-state index contributed by atoms with van der Waals surface area (Å²) in [6, 6.07) is 7.85. The van der Waals surface area contributed by atoms with Gasteiger partial charge in [0, 0.05) is 36.9 Å². The number of carbonyl (C=O) groups excluding carboxylic acids is 2. The molecule has 0 fully saturated rings. The van der Waals surface area contributed by atoms with Crippen molar-refractivity contribution in [2.75, 3.05) is 11.9 Å². The van der Waals surface area contributed by atoms with Crippen molar-refractivity contribution in [2.45, 2.75) is 32.7 Å². The number of hydrogen-bond donors (Lipinski definition) is 3. The Hall–Kier alpha value is -2.25. The van der Waals surface area contributed by atoms with Gasteiger partial charge in [-0.15, -0.1) is 11.3 Å². The number of rotatable bonds is 7. The summed E-state index contributed by atoms with van der Waals surface area (Å²) in [5.41, 5.74) is 8.57. The van der Waals surface area contributed by atoms with Crippen molar-refractivity contribution in [1.29, 1.82) is 0 Å². The average molecular weight is 346 g/mol. The van der Waals surface area contributed by atoms with E-state index in [0.29, 0.717) is 11.7 Å². The Kier molecular flexibility index (Phi) is 6.45. The monoisotopic (exact) mass is 346 g/mol. The third kappa shape index (κ3) is 5.75. The Morgan fingerprint density at radius 2 is 2.00 bits per heavy atom. The number of thiazole rings is 1. The van der Waals surface area contributed by atoms with Crippen molar-refractivity contribution in [1.82, 2.24) is 10.3 Å². The van der Waals surface area contributed by atoms with Gasteiger partial charge in [0.05, 0.1) is 5.69 Å². The zero-order valence-corrected chi connectivity index (χ0v) is 14.7. The number of nitrogens with zero attached hydrogens (tertiary/aromatic N) is 1. The summed E-state index contributed by atoms with van der Waals surface area (Å²) in [5.74, 6) is -0.146.